The Balaban J connectivity index is 1.82. The van der Waals surface area contributed by atoms with E-state index in [4.69, 9.17) is 15.9 Å². The van der Waals surface area contributed by atoms with E-state index >= 15 is 0 Å². The van der Waals surface area contributed by atoms with Crippen LogP contribution in [0.3, 0.4) is 0 Å². The summed E-state index contributed by atoms with van der Waals surface area (Å²) in [5.74, 6) is 0.882. The highest BCUT2D eigenvalue weighted by molar-refractivity contribution is 7.92. The Bertz CT molecular complexity index is 1610. The van der Waals surface area contributed by atoms with Gasteiger partial charge in [0.2, 0.25) is 25.9 Å². The van der Waals surface area contributed by atoms with Crippen molar-refractivity contribution in [3.05, 3.63) is 36.2 Å². The van der Waals surface area contributed by atoms with Gasteiger partial charge in [-0.15, -0.1) is 10.2 Å². The molecule has 0 bridgehead atoms. The molecule has 1 saturated heterocycles. The number of tetrazole rings is 1. The van der Waals surface area contributed by atoms with E-state index in [-0.39, 0.29) is 30.4 Å². The van der Waals surface area contributed by atoms with E-state index in [2.05, 4.69) is 35.6 Å². The zero-order valence-electron chi connectivity index (χ0n) is 18.2. The van der Waals surface area contributed by atoms with Crippen LogP contribution < -0.4 is 20.9 Å². The number of H-pyrrole nitrogens is 2. The highest BCUT2D eigenvalue weighted by Gasteiger charge is 2.32. The van der Waals surface area contributed by atoms with Gasteiger partial charge in [0.25, 0.3) is 0 Å². The Morgan fingerprint density at radius 3 is 2.51 bits per heavy atom. The van der Waals surface area contributed by atoms with Crippen molar-refractivity contribution in [1.82, 2.24) is 40.6 Å². The largest absolute Gasteiger partial charge is 0.342 e. The first-order chi connectivity index (χ1) is 16.7. The van der Waals surface area contributed by atoms with Gasteiger partial charge >= 0.3 is 0 Å². The number of imidazole rings is 1. The molecule has 4 aromatic rings. The molecule has 14 nitrogen and oxygen atoms in total. The molecule has 2 aromatic carbocycles. The summed E-state index contributed by atoms with van der Waals surface area (Å²) in [6.45, 7) is 1.50. The second-order valence-electron chi connectivity index (χ2n) is 7.96. The zero-order valence-corrected chi connectivity index (χ0v) is 19.8. The van der Waals surface area contributed by atoms with Crippen LogP contribution in [0.25, 0.3) is 33.5 Å². The summed E-state index contributed by atoms with van der Waals surface area (Å²) >= 11 is 0. The number of sulfonamides is 2. The van der Waals surface area contributed by atoms with Gasteiger partial charge in [-0.2, -0.15) is 5.21 Å². The average Bonchev–Trinajstić information content (AvgIpc) is 3.44. The van der Waals surface area contributed by atoms with E-state index < -0.39 is 29.8 Å². The normalized spacial score (nSPS) is 14.9. The summed E-state index contributed by atoms with van der Waals surface area (Å²) in [6, 6.07) is 8.04. The number of rotatable bonds is 8. The molecular formula is C19H22N10O4S2. The van der Waals surface area contributed by atoms with Crippen LogP contribution in [-0.4, -0.2) is 73.6 Å². The molecule has 0 atom stereocenters. The van der Waals surface area contributed by atoms with Gasteiger partial charge in [0.05, 0.1) is 16.6 Å². The number of nitrogens with one attached hydrogen (secondary N) is 4. The summed E-state index contributed by atoms with van der Waals surface area (Å²) in [4.78, 5) is 6.85. The Morgan fingerprint density at radius 2 is 1.89 bits per heavy atom. The molecule has 0 amide bonds. The molecular weight excluding hydrogens is 496 g/mol. The van der Waals surface area contributed by atoms with Crippen LogP contribution in [0.15, 0.2) is 40.1 Å². The predicted octanol–water partition coefficient (Wildman–Crippen LogP) is -1.02. The summed E-state index contributed by atoms with van der Waals surface area (Å²) in [7, 11) is -8.89. The van der Waals surface area contributed by atoms with Crippen LogP contribution in [0.4, 0.5) is 0 Å². The lowest BCUT2D eigenvalue weighted by Gasteiger charge is -2.24. The van der Waals surface area contributed by atoms with Crippen molar-refractivity contribution in [2.45, 2.75) is 15.7 Å². The lowest BCUT2D eigenvalue weighted by atomic mass is 9.98. The quantitative estimate of drug-likeness (QED) is 0.166. The van der Waals surface area contributed by atoms with E-state index in [1.54, 1.807) is 12.1 Å². The number of nitrogens with two attached hydrogens (primary N) is 2. The van der Waals surface area contributed by atoms with Gasteiger partial charge in [-0.25, -0.2) is 31.7 Å². The lowest BCUT2D eigenvalue weighted by Crippen LogP contribution is -2.40. The van der Waals surface area contributed by atoms with E-state index in [1.165, 1.54) is 12.1 Å². The van der Waals surface area contributed by atoms with Crippen molar-refractivity contribution in [3.8, 4) is 22.5 Å². The number of aromatic amines is 2. The van der Waals surface area contributed by atoms with Crippen molar-refractivity contribution < 1.29 is 16.8 Å². The lowest BCUT2D eigenvalue weighted by molar-refractivity contribution is 0.433. The Hall–Kier alpha value is -3.28. The molecule has 16 heteroatoms. The summed E-state index contributed by atoms with van der Waals surface area (Å²) in [5, 5.41) is 22.4. The highest BCUT2D eigenvalue weighted by atomic mass is 32.2. The van der Waals surface area contributed by atoms with Crippen LogP contribution in [0, 0.1) is 0 Å². The van der Waals surface area contributed by atoms with Crippen LogP contribution in [0.2, 0.25) is 0 Å². The SMILES string of the molecule is NCCNS(=O)(=O)c1ccc(-c2cccc3[nH]c(C4CNC4)nc23)c(-c2nn[nH]n2)c1S(N)(=O)=O. The summed E-state index contributed by atoms with van der Waals surface area (Å²) in [5.41, 5.74) is 7.49. The number of fused-ring (bicyclic) bond motifs is 1. The number of hydrogen-bond acceptors (Lipinski definition) is 10. The standard InChI is InChI=1S/C19H22N10O4S2/c20-6-7-23-35(32,33)14-5-4-11(15(17(14)34(21,30)31)19-26-28-29-27-19)12-2-1-3-13-16(12)25-18(24-13)10-8-22-9-10/h1-5,10,22-23H,6-9,20H2,(H,24,25)(H2,21,30,31)(H,26,27,28,29). The smallest absolute Gasteiger partial charge is 0.241 e. The Morgan fingerprint density at radius 1 is 1.09 bits per heavy atom. The first-order valence-corrected chi connectivity index (χ1v) is 13.6. The Kier molecular flexibility index (Phi) is 5.86. The maximum Gasteiger partial charge on any atom is 0.241 e. The van der Waals surface area contributed by atoms with E-state index in [0.29, 0.717) is 16.6 Å². The predicted molar refractivity (Wildman–Crippen MR) is 126 cm³/mol. The number of nitrogens with zero attached hydrogens (tertiary/aromatic N) is 4. The van der Waals surface area contributed by atoms with Gasteiger partial charge in [0.15, 0.2) is 0 Å². The molecule has 0 spiro atoms. The maximum atomic E-state index is 13.0. The fraction of sp³-hybridized carbons (Fsp3) is 0.263. The Labute approximate surface area is 200 Å². The van der Waals surface area contributed by atoms with Crippen molar-refractivity contribution in [2.24, 2.45) is 10.9 Å². The zero-order chi connectivity index (χ0) is 24.8. The van der Waals surface area contributed by atoms with E-state index in [0.717, 1.165) is 24.4 Å². The minimum absolute atomic E-state index is 0.0136. The van der Waals surface area contributed by atoms with Crippen LogP contribution in [0.1, 0.15) is 11.7 Å². The molecule has 0 aliphatic carbocycles. The van der Waals surface area contributed by atoms with Gasteiger partial charge in [-0.05, 0) is 22.9 Å². The molecule has 1 fully saturated rings. The maximum absolute atomic E-state index is 13.0. The molecule has 0 radical (unpaired) electrons. The fourth-order valence-corrected chi connectivity index (χ4v) is 6.63. The number of benzene rings is 2. The van der Waals surface area contributed by atoms with Gasteiger partial charge in [0.1, 0.15) is 15.6 Å². The summed E-state index contributed by atoms with van der Waals surface area (Å²) in [6.07, 6.45) is 0. The number of primary sulfonamides is 1. The van der Waals surface area contributed by atoms with E-state index in [9.17, 15) is 16.8 Å². The van der Waals surface area contributed by atoms with Gasteiger partial charge in [0, 0.05) is 37.7 Å². The first kappa shape index (κ1) is 23.5. The number of aromatic nitrogens is 6. The fourth-order valence-electron chi connectivity index (χ4n) is 3.99. The molecule has 2 aromatic heterocycles. The molecule has 1 aliphatic rings. The van der Waals surface area contributed by atoms with Crippen molar-refractivity contribution >= 4 is 31.1 Å². The van der Waals surface area contributed by atoms with Gasteiger partial charge in [-0.3, -0.25) is 0 Å². The minimum Gasteiger partial charge on any atom is -0.342 e. The second kappa shape index (κ2) is 8.74. The van der Waals surface area contributed by atoms with Crippen LogP contribution >= 0.6 is 0 Å². The monoisotopic (exact) mass is 518 g/mol. The molecule has 1 aliphatic heterocycles. The second-order valence-corrected chi connectivity index (χ2v) is 11.2. The molecule has 184 valence electrons. The van der Waals surface area contributed by atoms with Crippen molar-refractivity contribution in [1.29, 1.82) is 0 Å². The summed E-state index contributed by atoms with van der Waals surface area (Å²) < 4.78 is 53.9. The van der Waals surface area contributed by atoms with Crippen molar-refractivity contribution in [2.75, 3.05) is 26.2 Å². The highest BCUT2D eigenvalue weighted by Crippen LogP contribution is 2.40. The molecule has 3 heterocycles. The number of hydrogen-bond donors (Lipinski definition) is 6. The molecule has 35 heavy (non-hydrogen) atoms. The molecule has 8 N–H and O–H groups in total. The average molecular weight is 519 g/mol. The van der Waals surface area contributed by atoms with Gasteiger partial charge in [-0.1, -0.05) is 18.2 Å². The number of para-hydroxylation sites is 1. The first-order valence-electron chi connectivity index (χ1n) is 10.5. The van der Waals surface area contributed by atoms with Crippen LogP contribution in [0.5, 0.6) is 0 Å². The third-order valence-electron chi connectivity index (χ3n) is 5.69. The minimum atomic E-state index is -4.59. The molecule has 0 saturated carbocycles. The van der Waals surface area contributed by atoms with E-state index in [1.807, 2.05) is 6.07 Å². The van der Waals surface area contributed by atoms with Crippen LogP contribution in [-0.2, 0) is 20.0 Å². The third kappa shape index (κ3) is 4.19. The molecule has 5 rings (SSSR count). The third-order valence-corrected chi connectivity index (χ3v) is 8.32. The van der Waals surface area contributed by atoms with Gasteiger partial charge < -0.3 is 16.0 Å². The topological polar surface area (TPSA) is 228 Å². The van der Waals surface area contributed by atoms with Crippen molar-refractivity contribution in [3.63, 3.8) is 0 Å². The molecule has 0 unspecified atom stereocenters.